The van der Waals surface area contributed by atoms with Crippen molar-refractivity contribution in [2.45, 2.75) is 66.2 Å². The van der Waals surface area contributed by atoms with Gasteiger partial charge in [0, 0.05) is 35.4 Å². The van der Waals surface area contributed by atoms with E-state index >= 15 is 0 Å². The Morgan fingerprint density at radius 2 is 1.71 bits per heavy atom. The number of rotatable bonds is 13. The Labute approximate surface area is 248 Å². The zero-order chi connectivity index (χ0) is 31.2. The van der Waals surface area contributed by atoms with Crippen LogP contribution in [0.1, 0.15) is 52.2 Å². The van der Waals surface area contributed by atoms with Crippen molar-refractivity contribution in [3.63, 3.8) is 0 Å². The standard InChI is InChI=1S/C31H44N6O5/c1-17(2)12-23(29(38)42-31(5,6)7)35-18(3)16-41-27-24(39-8)13-21(14-25(27)40-9)34-15-20-10-11-22-26(19(20)4)28(32)37-30(33)36-22/h10-11,13-14,17,23,34-35H,3,12,15-16H2,1-2,4-9H3,(H4,32,33,36,37). The molecule has 0 bridgehead atoms. The van der Waals surface area contributed by atoms with Gasteiger partial charge in [-0.3, -0.25) is 0 Å². The van der Waals surface area contributed by atoms with Crippen LogP contribution in [-0.2, 0) is 16.1 Å². The van der Waals surface area contributed by atoms with E-state index in [2.05, 4.69) is 27.2 Å². The summed E-state index contributed by atoms with van der Waals surface area (Å²) < 4.78 is 22.9. The summed E-state index contributed by atoms with van der Waals surface area (Å²) in [5.74, 6) is 1.79. The molecule has 42 heavy (non-hydrogen) atoms. The molecule has 0 spiro atoms. The van der Waals surface area contributed by atoms with E-state index in [4.69, 9.17) is 30.4 Å². The second kappa shape index (κ2) is 13.5. The van der Waals surface area contributed by atoms with Crippen molar-refractivity contribution in [2.75, 3.05) is 37.6 Å². The zero-order valence-electron chi connectivity index (χ0n) is 25.9. The largest absolute Gasteiger partial charge is 0.493 e. The molecule has 0 saturated carbocycles. The van der Waals surface area contributed by atoms with Gasteiger partial charge in [0.1, 0.15) is 24.1 Å². The van der Waals surface area contributed by atoms with Gasteiger partial charge in [-0.25, -0.2) is 9.78 Å². The lowest BCUT2D eigenvalue weighted by Crippen LogP contribution is -2.42. The first-order valence-electron chi connectivity index (χ1n) is 13.8. The highest BCUT2D eigenvalue weighted by Crippen LogP contribution is 2.40. The monoisotopic (exact) mass is 580 g/mol. The molecule has 0 aliphatic heterocycles. The Hall–Kier alpha value is -4.41. The molecular weight excluding hydrogens is 536 g/mol. The van der Waals surface area contributed by atoms with Crippen molar-refractivity contribution < 1.29 is 23.7 Å². The molecule has 1 unspecified atom stereocenters. The van der Waals surface area contributed by atoms with Gasteiger partial charge in [0.15, 0.2) is 11.5 Å². The summed E-state index contributed by atoms with van der Waals surface area (Å²) in [4.78, 5) is 21.2. The Balaban J connectivity index is 1.74. The second-order valence-corrected chi connectivity index (χ2v) is 11.5. The molecule has 0 fully saturated rings. The van der Waals surface area contributed by atoms with Crippen LogP contribution >= 0.6 is 0 Å². The first kappa shape index (κ1) is 32.1. The van der Waals surface area contributed by atoms with Crippen LogP contribution in [0.2, 0.25) is 0 Å². The van der Waals surface area contributed by atoms with Crippen LogP contribution in [0.15, 0.2) is 36.5 Å². The summed E-state index contributed by atoms with van der Waals surface area (Å²) in [7, 11) is 3.11. The molecule has 11 heteroatoms. The molecule has 2 aromatic carbocycles. The van der Waals surface area contributed by atoms with E-state index < -0.39 is 11.6 Å². The minimum absolute atomic E-state index is 0.0845. The van der Waals surface area contributed by atoms with Crippen molar-refractivity contribution in [3.8, 4) is 17.2 Å². The Morgan fingerprint density at radius 3 is 2.29 bits per heavy atom. The third-order valence-electron chi connectivity index (χ3n) is 6.39. The fraction of sp³-hybridized carbons (Fsp3) is 0.452. The summed E-state index contributed by atoms with van der Waals surface area (Å²) in [5.41, 5.74) is 15.2. The van der Waals surface area contributed by atoms with Crippen LogP contribution in [0.5, 0.6) is 17.2 Å². The molecule has 11 nitrogen and oxygen atoms in total. The van der Waals surface area contributed by atoms with Gasteiger partial charge >= 0.3 is 5.97 Å². The van der Waals surface area contributed by atoms with Crippen molar-refractivity contribution in [1.29, 1.82) is 0 Å². The number of aromatic nitrogens is 2. The van der Waals surface area contributed by atoms with Crippen LogP contribution < -0.4 is 36.3 Å². The predicted octanol–water partition coefficient (Wildman–Crippen LogP) is 4.97. The third kappa shape index (κ3) is 8.31. The highest BCUT2D eigenvalue weighted by Gasteiger charge is 2.26. The van der Waals surface area contributed by atoms with E-state index in [1.165, 1.54) is 0 Å². The number of fused-ring (bicyclic) bond motifs is 1. The SMILES string of the molecule is C=C(COc1c(OC)cc(NCc2ccc3nc(N)nc(N)c3c2C)cc1OC)NC(CC(C)C)C(=O)OC(C)(C)C. The lowest BCUT2D eigenvalue weighted by Gasteiger charge is -2.27. The Kier molecular flexibility index (Phi) is 10.3. The first-order valence-corrected chi connectivity index (χ1v) is 13.8. The number of nitrogens with one attached hydrogen (secondary N) is 2. The number of benzene rings is 2. The van der Waals surface area contributed by atoms with E-state index in [-0.39, 0.29) is 24.4 Å². The lowest BCUT2D eigenvalue weighted by atomic mass is 10.0. The normalized spacial score (nSPS) is 12.1. The maximum absolute atomic E-state index is 12.8. The molecule has 0 aliphatic rings. The minimum Gasteiger partial charge on any atom is -0.493 e. The number of ether oxygens (including phenoxy) is 4. The molecule has 0 amide bonds. The average molecular weight is 581 g/mol. The smallest absolute Gasteiger partial charge is 0.329 e. The van der Waals surface area contributed by atoms with Gasteiger partial charge in [0.05, 0.1) is 19.7 Å². The van der Waals surface area contributed by atoms with E-state index in [0.717, 1.165) is 22.2 Å². The number of nitrogens with two attached hydrogens (primary N) is 2. The van der Waals surface area contributed by atoms with Crippen LogP contribution in [0.25, 0.3) is 10.9 Å². The van der Waals surface area contributed by atoms with Gasteiger partial charge in [-0.05, 0) is 57.2 Å². The average Bonchev–Trinajstić information content (AvgIpc) is 2.89. The van der Waals surface area contributed by atoms with Crippen molar-refractivity contribution >= 4 is 34.3 Å². The number of hydrogen-bond acceptors (Lipinski definition) is 11. The molecular formula is C31H44N6O5. The number of anilines is 3. The number of carbonyl (C=O) groups is 1. The number of aryl methyl sites for hydroxylation is 1. The molecule has 0 saturated heterocycles. The topological polar surface area (TPSA) is 156 Å². The van der Waals surface area contributed by atoms with Gasteiger partial charge in [-0.2, -0.15) is 4.98 Å². The molecule has 1 aromatic heterocycles. The summed E-state index contributed by atoms with van der Waals surface area (Å²) in [6.45, 7) is 16.3. The first-order chi connectivity index (χ1) is 19.7. The number of hydrogen-bond donors (Lipinski definition) is 4. The number of carbonyl (C=O) groups excluding carboxylic acids is 1. The van der Waals surface area contributed by atoms with E-state index in [9.17, 15) is 4.79 Å². The summed E-state index contributed by atoms with van der Waals surface area (Å²) in [6, 6.07) is 6.95. The maximum atomic E-state index is 12.8. The van der Waals surface area contributed by atoms with Gasteiger partial charge in [-0.1, -0.05) is 26.5 Å². The van der Waals surface area contributed by atoms with Crippen molar-refractivity contribution in [3.05, 3.63) is 47.7 Å². The molecule has 228 valence electrons. The lowest BCUT2D eigenvalue weighted by molar-refractivity contribution is -0.157. The molecule has 3 rings (SSSR count). The van der Waals surface area contributed by atoms with E-state index in [1.807, 2.05) is 65.8 Å². The number of methoxy groups -OCH3 is 2. The predicted molar refractivity (Wildman–Crippen MR) is 167 cm³/mol. The zero-order valence-corrected chi connectivity index (χ0v) is 25.9. The number of esters is 1. The number of nitrogens with zero attached hydrogens (tertiary/aromatic N) is 2. The second-order valence-electron chi connectivity index (χ2n) is 11.5. The van der Waals surface area contributed by atoms with E-state index in [0.29, 0.717) is 47.2 Å². The molecule has 0 radical (unpaired) electrons. The Bertz CT molecular complexity index is 1410. The number of nitrogen functional groups attached to an aromatic ring is 2. The molecule has 3 aromatic rings. The molecule has 1 atom stereocenters. The van der Waals surface area contributed by atoms with Crippen LogP contribution in [0.3, 0.4) is 0 Å². The van der Waals surface area contributed by atoms with Crippen molar-refractivity contribution in [2.24, 2.45) is 5.92 Å². The fourth-order valence-corrected chi connectivity index (χ4v) is 4.50. The van der Waals surface area contributed by atoms with Crippen LogP contribution in [-0.4, -0.2) is 48.4 Å². The van der Waals surface area contributed by atoms with Crippen molar-refractivity contribution in [1.82, 2.24) is 15.3 Å². The van der Waals surface area contributed by atoms with Gasteiger partial charge in [-0.15, -0.1) is 0 Å². The van der Waals surface area contributed by atoms with Crippen LogP contribution in [0, 0.1) is 12.8 Å². The highest BCUT2D eigenvalue weighted by molar-refractivity contribution is 5.92. The minimum atomic E-state index is -0.592. The summed E-state index contributed by atoms with van der Waals surface area (Å²) in [6.07, 6.45) is 0.589. The summed E-state index contributed by atoms with van der Waals surface area (Å²) in [5, 5.41) is 7.37. The molecule has 1 heterocycles. The van der Waals surface area contributed by atoms with Gasteiger partial charge < -0.3 is 41.0 Å². The fourth-order valence-electron chi connectivity index (χ4n) is 4.50. The van der Waals surface area contributed by atoms with E-state index in [1.54, 1.807) is 14.2 Å². The molecule has 0 aliphatic carbocycles. The Morgan fingerprint density at radius 1 is 1.07 bits per heavy atom. The molecule has 6 N–H and O–H groups in total. The maximum Gasteiger partial charge on any atom is 0.329 e. The third-order valence-corrected chi connectivity index (χ3v) is 6.39. The highest BCUT2D eigenvalue weighted by atomic mass is 16.6. The van der Waals surface area contributed by atoms with Crippen LogP contribution in [0.4, 0.5) is 17.5 Å². The summed E-state index contributed by atoms with van der Waals surface area (Å²) >= 11 is 0. The van der Waals surface area contributed by atoms with Gasteiger partial charge in [0.2, 0.25) is 11.7 Å². The quantitative estimate of drug-likeness (QED) is 0.202. The van der Waals surface area contributed by atoms with Gasteiger partial charge in [0.25, 0.3) is 0 Å².